The largest absolute Gasteiger partial charge is 0.328 e. The first kappa shape index (κ1) is 9.77. The molecule has 2 aliphatic rings. The summed E-state index contributed by atoms with van der Waals surface area (Å²) in [5.74, 6) is 0. The molecule has 1 aliphatic carbocycles. The summed E-state index contributed by atoms with van der Waals surface area (Å²) in [6.45, 7) is 2.32. The van der Waals surface area contributed by atoms with Crippen LogP contribution in [-0.2, 0) is 0 Å². The van der Waals surface area contributed by atoms with Crippen LogP contribution in [0.1, 0.15) is 25.7 Å². The second-order valence-corrected chi connectivity index (χ2v) is 4.49. The number of nitrogens with two attached hydrogens (primary N) is 1. The van der Waals surface area contributed by atoms with Crippen molar-refractivity contribution >= 4 is 6.03 Å². The van der Waals surface area contributed by atoms with Crippen molar-refractivity contribution in [3.8, 4) is 0 Å². The Morgan fingerprint density at radius 1 is 1.36 bits per heavy atom. The molecule has 4 heteroatoms. The third-order valence-electron chi connectivity index (χ3n) is 3.70. The molecule has 2 fully saturated rings. The van der Waals surface area contributed by atoms with Crippen molar-refractivity contribution in [3.05, 3.63) is 0 Å². The second kappa shape index (κ2) is 3.42. The van der Waals surface area contributed by atoms with Gasteiger partial charge >= 0.3 is 6.03 Å². The Morgan fingerprint density at radius 3 is 2.43 bits per heavy atom. The van der Waals surface area contributed by atoms with Gasteiger partial charge in [-0.05, 0) is 12.8 Å². The maximum Gasteiger partial charge on any atom is 0.320 e. The molecule has 0 aromatic carbocycles. The zero-order valence-electron chi connectivity index (χ0n) is 8.83. The van der Waals surface area contributed by atoms with Crippen LogP contribution >= 0.6 is 0 Å². The maximum absolute atomic E-state index is 11.9. The van der Waals surface area contributed by atoms with E-state index in [1.54, 1.807) is 4.90 Å². The molecule has 2 amide bonds. The van der Waals surface area contributed by atoms with Crippen LogP contribution in [-0.4, -0.2) is 48.1 Å². The predicted molar refractivity (Wildman–Crippen MR) is 55.0 cm³/mol. The van der Waals surface area contributed by atoms with E-state index in [0.717, 1.165) is 25.9 Å². The number of hydrogen-bond donors (Lipinski definition) is 1. The SMILES string of the molecule is CN1CCN(C2(CN)CCCC2)C1=O. The summed E-state index contributed by atoms with van der Waals surface area (Å²) in [5.41, 5.74) is 5.83. The summed E-state index contributed by atoms with van der Waals surface area (Å²) in [4.78, 5) is 15.6. The van der Waals surface area contributed by atoms with Crippen molar-refractivity contribution in [2.45, 2.75) is 31.2 Å². The highest BCUT2D eigenvalue weighted by Crippen LogP contribution is 2.36. The Kier molecular flexibility index (Phi) is 2.39. The van der Waals surface area contributed by atoms with Crippen LogP contribution in [0, 0.1) is 0 Å². The monoisotopic (exact) mass is 197 g/mol. The summed E-state index contributed by atoms with van der Waals surface area (Å²) in [6, 6.07) is 0.164. The van der Waals surface area contributed by atoms with Crippen LogP contribution < -0.4 is 5.73 Å². The lowest BCUT2D eigenvalue weighted by Crippen LogP contribution is -2.53. The lowest BCUT2D eigenvalue weighted by atomic mass is 9.96. The smallest absolute Gasteiger partial charge is 0.320 e. The van der Waals surface area contributed by atoms with Crippen molar-refractivity contribution < 1.29 is 4.79 Å². The van der Waals surface area contributed by atoms with Gasteiger partial charge in [-0.1, -0.05) is 12.8 Å². The minimum atomic E-state index is -0.0121. The fourth-order valence-corrected chi connectivity index (χ4v) is 2.70. The normalized spacial score (nSPS) is 26.3. The van der Waals surface area contributed by atoms with Gasteiger partial charge in [0.1, 0.15) is 0 Å². The minimum Gasteiger partial charge on any atom is -0.328 e. The van der Waals surface area contributed by atoms with Crippen LogP contribution in [0.25, 0.3) is 0 Å². The van der Waals surface area contributed by atoms with E-state index in [-0.39, 0.29) is 11.6 Å². The molecule has 0 aromatic rings. The van der Waals surface area contributed by atoms with E-state index < -0.39 is 0 Å². The van der Waals surface area contributed by atoms with Gasteiger partial charge in [0.15, 0.2) is 0 Å². The van der Waals surface area contributed by atoms with E-state index in [0.29, 0.717) is 6.54 Å². The van der Waals surface area contributed by atoms with Crippen molar-refractivity contribution in [2.24, 2.45) is 5.73 Å². The van der Waals surface area contributed by atoms with Gasteiger partial charge in [0.05, 0.1) is 5.54 Å². The van der Waals surface area contributed by atoms with Crippen molar-refractivity contribution in [1.29, 1.82) is 0 Å². The molecule has 0 radical (unpaired) electrons. The molecule has 1 saturated heterocycles. The number of hydrogen-bond acceptors (Lipinski definition) is 2. The lowest BCUT2D eigenvalue weighted by molar-refractivity contribution is 0.136. The molecule has 0 atom stereocenters. The van der Waals surface area contributed by atoms with E-state index in [9.17, 15) is 4.79 Å². The van der Waals surface area contributed by atoms with E-state index in [2.05, 4.69) is 0 Å². The van der Waals surface area contributed by atoms with Crippen molar-refractivity contribution in [1.82, 2.24) is 9.80 Å². The van der Waals surface area contributed by atoms with Gasteiger partial charge in [-0.25, -0.2) is 4.79 Å². The van der Waals surface area contributed by atoms with Gasteiger partial charge in [-0.15, -0.1) is 0 Å². The predicted octanol–water partition coefficient (Wildman–Crippen LogP) is 0.625. The Morgan fingerprint density at radius 2 is 2.00 bits per heavy atom. The van der Waals surface area contributed by atoms with Gasteiger partial charge in [0, 0.05) is 26.7 Å². The van der Waals surface area contributed by atoms with Crippen molar-refractivity contribution in [3.63, 3.8) is 0 Å². The van der Waals surface area contributed by atoms with Gasteiger partial charge in [0.2, 0.25) is 0 Å². The molecule has 2 rings (SSSR count). The molecule has 0 bridgehead atoms. The molecule has 1 saturated carbocycles. The number of carbonyl (C=O) groups excluding carboxylic acids is 1. The van der Waals surface area contributed by atoms with E-state index in [4.69, 9.17) is 5.73 Å². The van der Waals surface area contributed by atoms with E-state index in [1.807, 2.05) is 11.9 Å². The summed E-state index contributed by atoms with van der Waals surface area (Å²) < 4.78 is 0. The lowest BCUT2D eigenvalue weighted by Gasteiger charge is -2.37. The third kappa shape index (κ3) is 1.29. The highest BCUT2D eigenvalue weighted by molar-refractivity contribution is 5.77. The Bertz CT molecular complexity index is 236. The number of urea groups is 1. The van der Waals surface area contributed by atoms with Crippen LogP contribution in [0.2, 0.25) is 0 Å². The zero-order chi connectivity index (χ0) is 10.2. The second-order valence-electron chi connectivity index (χ2n) is 4.49. The molecule has 4 nitrogen and oxygen atoms in total. The molecular weight excluding hydrogens is 178 g/mol. The fourth-order valence-electron chi connectivity index (χ4n) is 2.70. The third-order valence-corrected chi connectivity index (χ3v) is 3.70. The molecule has 14 heavy (non-hydrogen) atoms. The van der Waals surface area contributed by atoms with Crippen LogP contribution in [0.15, 0.2) is 0 Å². The van der Waals surface area contributed by atoms with Crippen LogP contribution in [0.3, 0.4) is 0 Å². The number of nitrogens with zero attached hydrogens (tertiary/aromatic N) is 2. The number of likely N-dealkylation sites (N-methyl/N-ethyl adjacent to an activating group) is 1. The Labute approximate surface area is 85.0 Å². The van der Waals surface area contributed by atoms with Gasteiger partial charge in [-0.2, -0.15) is 0 Å². The molecule has 0 spiro atoms. The molecule has 2 N–H and O–H groups in total. The maximum atomic E-state index is 11.9. The number of rotatable bonds is 2. The topological polar surface area (TPSA) is 49.6 Å². The van der Waals surface area contributed by atoms with Crippen LogP contribution in [0.5, 0.6) is 0 Å². The first-order chi connectivity index (χ1) is 6.69. The average molecular weight is 197 g/mol. The molecule has 0 aromatic heterocycles. The number of amides is 2. The van der Waals surface area contributed by atoms with E-state index in [1.165, 1.54) is 12.8 Å². The Hall–Kier alpha value is -0.770. The molecule has 80 valence electrons. The van der Waals surface area contributed by atoms with Gasteiger partial charge in [-0.3, -0.25) is 0 Å². The molecule has 1 heterocycles. The van der Waals surface area contributed by atoms with Gasteiger partial charge < -0.3 is 15.5 Å². The fraction of sp³-hybridized carbons (Fsp3) is 0.900. The Balaban J connectivity index is 2.16. The standard InChI is InChI=1S/C10H19N3O/c1-12-6-7-13(9(12)14)10(8-11)4-2-3-5-10/h2-8,11H2,1H3. The molecule has 0 unspecified atom stereocenters. The quantitative estimate of drug-likeness (QED) is 0.705. The average Bonchev–Trinajstić information content (AvgIpc) is 2.77. The highest BCUT2D eigenvalue weighted by Gasteiger charge is 2.44. The molecular formula is C10H19N3O. The summed E-state index contributed by atoms with van der Waals surface area (Å²) in [5, 5.41) is 0. The summed E-state index contributed by atoms with van der Waals surface area (Å²) in [6.07, 6.45) is 4.60. The van der Waals surface area contributed by atoms with Crippen molar-refractivity contribution in [2.75, 3.05) is 26.7 Å². The van der Waals surface area contributed by atoms with E-state index >= 15 is 0 Å². The summed E-state index contributed by atoms with van der Waals surface area (Å²) >= 11 is 0. The zero-order valence-corrected chi connectivity index (χ0v) is 8.83. The molecule has 1 aliphatic heterocycles. The first-order valence-corrected chi connectivity index (χ1v) is 5.42. The minimum absolute atomic E-state index is 0.0121. The number of carbonyl (C=O) groups is 1. The van der Waals surface area contributed by atoms with Gasteiger partial charge in [0.25, 0.3) is 0 Å². The highest BCUT2D eigenvalue weighted by atomic mass is 16.2. The van der Waals surface area contributed by atoms with Crippen LogP contribution in [0.4, 0.5) is 4.79 Å². The first-order valence-electron chi connectivity index (χ1n) is 5.42. The summed E-state index contributed by atoms with van der Waals surface area (Å²) in [7, 11) is 1.86.